The van der Waals surface area contributed by atoms with Crippen LogP contribution < -0.4 is 5.73 Å². The summed E-state index contributed by atoms with van der Waals surface area (Å²) in [4.78, 5) is 16.4. The van der Waals surface area contributed by atoms with E-state index in [0.717, 1.165) is 0 Å². The number of nitrogens with two attached hydrogens (primary N) is 1. The highest BCUT2D eigenvalue weighted by Crippen LogP contribution is 2.11. The van der Waals surface area contributed by atoms with Gasteiger partial charge in [0.05, 0.1) is 12.6 Å². The maximum Gasteiger partial charge on any atom is 0.263 e. The summed E-state index contributed by atoms with van der Waals surface area (Å²) in [5, 5.41) is 1.32. The highest BCUT2D eigenvalue weighted by Gasteiger charge is 2.30. The molecule has 0 aromatic heterocycles. The van der Waals surface area contributed by atoms with Crippen LogP contribution in [0.1, 0.15) is 13.3 Å². The van der Waals surface area contributed by atoms with E-state index in [0.29, 0.717) is 13.0 Å². The Labute approximate surface area is 71.9 Å². The van der Waals surface area contributed by atoms with Gasteiger partial charge in [0.2, 0.25) is 0 Å². The van der Waals surface area contributed by atoms with Gasteiger partial charge >= 0.3 is 0 Å². The van der Waals surface area contributed by atoms with Crippen LogP contribution in [0.25, 0.3) is 0 Å². The lowest BCUT2D eigenvalue weighted by atomic mass is 10.3. The van der Waals surface area contributed by atoms with Crippen LogP contribution in [0.4, 0.5) is 0 Å². The fourth-order valence-corrected chi connectivity index (χ4v) is 1.02. The van der Waals surface area contributed by atoms with Crippen molar-refractivity contribution >= 4 is 5.91 Å². The molecule has 0 bridgehead atoms. The van der Waals surface area contributed by atoms with Crippen LogP contribution in [0, 0.1) is 0 Å². The van der Waals surface area contributed by atoms with Crippen LogP contribution in [0.5, 0.6) is 0 Å². The van der Waals surface area contributed by atoms with Gasteiger partial charge in [-0.25, -0.2) is 5.06 Å². The number of carbonyl (C=O) groups excluding carboxylic acids is 1. The van der Waals surface area contributed by atoms with E-state index >= 15 is 0 Å². The molecule has 1 rings (SSSR count). The number of hydrogen-bond acceptors (Lipinski definition) is 3. The third-order valence-corrected chi connectivity index (χ3v) is 1.83. The van der Waals surface area contributed by atoms with Gasteiger partial charge in [-0.15, -0.1) is 6.58 Å². The molecule has 0 aromatic rings. The molecule has 2 atom stereocenters. The molecule has 1 amide bonds. The molecular weight excluding hydrogens is 156 g/mol. The van der Waals surface area contributed by atoms with Crippen molar-refractivity contribution in [3.8, 4) is 0 Å². The summed E-state index contributed by atoms with van der Waals surface area (Å²) < 4.78 is 0. The van der Waals surface area contributed by atoms with Crippen molar-refractivity contribution in [3.05, 3.63) is 12.7 Å². The van der Waals surface area contributed by atoms with Gasteiger partial charge in [-0.1, -0.05) is 6.08 Å². The summed E-state index contributed by atoms with van der Waals surface area (Å²) in [5.74, 6) is -0.135. The Hall–Kier alpha value is -0.870. The molecule has 1 saturated heterocycles. The molecule has 1 fully saturated rings. The molecule has 0 saturated carbocycles. The van der Waals surface area contributed by atoms with Crippen molar-refractivity contribution in [2.75, 3.05) is 6.54 Å². The van der Waals surface area contributed by atoms with Crippen LogP contribution in [0.3, 0.4) is 0 Å². The smallest absolute Gasteiger partial charge is 0.263 e. The van der Waals surface area contributed by atoms with Crippen molar-refractivity contribution in [1.29, 1.82) is 0 Å². The number of hydroxylamine groups is 2. The minimum atomic E-state index is -0.387. The van der Waals surface area contributed by atoms with E-state index in [1.807, 2.05) is 6.92 Å². The largest absolute Gasteiger partial charge is 0.320 e. The van der Waals surface area contributed by atoms with Crippen molar-refractivity contribution in [3.63, 3.8) is 0 Å². The van der Waals surface area contributed by atoms with Crippen LogP contribution in [0.2, 0.25) is 0 Å². The van der Waals surface area contributed by atoms with E-state index in [1.165, 1.54) is 5.06 Å². The summed E-state index contributed by atoms with van der Waals surface area (Å²) in [6.45, 7) is 5.96. The topological polar surface area (TPSA) is 55.6 Å². The van der Waals surface area contributed by atoms with E-state index in [4.69, 9.17) is 10.6 Å². The Balaban J connectivity index is 2.44. The van der Waals surface area contributed by atoms with Gasteiger partial charge in [0.1, 0.15) is 6.10 Å². The minimum absolute atomic E-state index is 0.135. The molecular formula is C8H14N2O2. The fraction of sp³-hybridized carbons (Fsp3) is 0.625. The van der Waals surface area contributed by atoms with Gasteiger partial charge in [-0.05, 0) is 13.3 Å². The SMILES string of the molecule is C=CC(C)ON1CCC(N)C1=O. The van der Waals surface area contributed by atoms with Gasteiger partial charge in [-0.2, -0.15) is 0 Å². The lowest BCUT2D eigenvalue weighted by molar-refractivity contribution is -0.187. The second-order valence-electron chi connectivity index (χ2n) is 2.88. The Morgan fingerprint density at radius 3 is 3.00 bits per heavy atom. The first-order valence-corrected chi connectivity index (χ1v) is 4.01. The standard InChI is InChI=1S/C8H14N2O2/c1-3-6(2)12-10-5-4-7(9)8(10)11/h3,6-7H,1,4-5,9H2,2H3. The summed E-state index contributed by atoms with van der Waals surface area (Å²) in [6.07, 6.45) is 2.17. The first kappa shape index (κ1) is 9.22. The van der Waals surface area contributed by atoms with Crippen molar-refractivity contribution in [2.24, 2.45) is 5.73 Å². The molecule has 0 aromatic carbocycles. The van der Waals surface area contributed by atoms with Gasteiger partial charge in [0.15, 0.2) is 0 Å². The Kier molecular flexibility index (Phi) is 2.83. The third-order valence-electron chi connectivity index (χ3n) is 1.83. The Morgan fingerprint density at radius 2 is 2.58 bits per heavy atom. The fourth-order valence-electron chi connectivity index (χ4n) is 1.02. The van der Waals surface area contributed by atoms with Gasteiger partial charge in [0.25, 0.3) is 5.91 Å². The van der Waals surface area contributed by atoms with Gasteiger partial charge in [0, 0.05) is 0 Å². The highest BCUT2D eigenvalue weighted by molar-refractivity contribution is 5.82. The zero-order chi connectivity index (χ0) is 9.14. The summed E-state index contributed by atoms with van der Waals surface area (Å²) in [6, 6.07) is -0.387. The zero-order valence-corrected chi connectivity index (χ0v) is 7.19. The number of rotatable bonds is 3. The predicted molar refractivity (Wildman–Crippen MR) is 45.0 cm³/mol. The molecule has 0 aliphatic carbocycles. The van der Waals surface area contributed by atoms with Crippen molar-refractivity contribution in [2.45, 2.75) is 25.5 Å². The quantitative estimate of drug-likeness (QED) is 0.609. The Bertz CT molecular complexity index is 193. The van der Waals surface area contributed by atoms with E-state index in [-0.39, 0.29) is 18.1 Å². The number of carbonyl (C=O) groups is 1. The first-order valence-electron chi connectivity index (χ1n) is 4.01. The molecule has 0 spiro atoms. The van der Waals surface area contributed by atoms with Crippen LogP contribution in [-0.4, -0.2) is 29.7 Å². The predicted octanol–water partition coefficient (Wildman–Crippen LogP) is 0.0521. The lowest BCUT2D eigenvalue weighted by Crippen LogP contribution is -2.35. The molecule has 4 heteroatoms. The third kappa shape index (κ3) is 1.84. The number of hydrogen-bond donors (Lipinski definition) is 1. The highest BCUT2D eigenvalue weighted by atomic mass is 16.7. The first-order chi connectivity index (χ1) is 5.65. The summed E-state index contributed by atoms with van der Waals surface area (Å²) in [7, 11) is 0. The van der Waals surface area contributed by atoms with Gasteiger partial charge in [-0.3, -0.25) is 9.63 Å². The summed E-state index contributed by atoms with van der Waals surface area (Å²) >= 11 is 0. The molecule has 68 valence electrons. The Morgan fingerprint density at radius 1 is 1.92 bits per heavy atom. The minimum Gasteiger partial charge on any atom is -0.320 e. The lowest BCUT2D eigenvalue weighted by Gasteiger charge is -2.18. The van der Waals surface area contributed by atoms with E-state index in [1.54, 1.807) is 6.08 Å². The molecule has 2 N–H and O–H groups in total. The molecule has 2 unspecified atom stereocenters. The zero-order valence-electron chi connectivity index (χ0n) is 7.19. The van der Waals surface area contributed by atoms with E-state index in [2.05, 4.69) is 6.58 Å². The van der Waals surface area contributed by atoms with Gasteiger partial charge < -0.3 is 5.73 Å². The average Bonchev–Trinajstić information content (AvgIpc) is 2.36. The average molecular weight is 170 g/mol. The number of amides is 1. The van der Waals surface area contributed by atoms with E-state index in [9.17, 15) is 4.79 Å². The molecule has 1 heterocycles. The van der Waals surface area contributed by atoms with Crippen LogP contribution >= 0.6 is 0 Å². The maximum absolute atomic E-state index is 11.2. The maximum atomic E-state index is 11.2. The van der Waals surface area contributed by atoms with Crippen LogP contribution in [0.15, 0.2) is 12.7 Å². The summed E-state index contributed by atoms with van der Waals surface area (Å²) in [5.41, 5.74) is 5.49. The van der Waals surface area contributed by atoms with E-state index < -0.39 is 0 Å². The molecule has 1 aliphatic heterocycles. The molecule has 1 aliphatic rings. The normalized spacial score (nSPS) is 26.0. The van der Waals surface area contributed by atoms with Crippen LogP contribution in [-0.2, 0) is 9.63 Å². The molecule has 4 nitrogen and oxygen atoms in total. The van der Waals surface area contributed by atoms with Crippen molar-refractivity contribution in [1.82, 2.24) is 5.06 Å². The molecule has 12 heavy (non-hydrogen) atoms. The molecule has 0 radical (unpaired) electrons. The number of nitrogens with zero attached hydrogens (tertiary/aromatic N) is 1. The van der Waals surface area contributed by atoms with Crippen molar-refractivity contribution < 1.29 is 9.63 Å². The second kappa shape index (κ2) is 3.69. The second-order valence-corrected chi connectivity index (χ2v) is 2.88. The monoisotopic (exact) mass is 170 g/mol.